The van der Waals surface area contributed by atoms with E-state index in [-0.39, 0.29) is 29.7 Å². The van der Waals surface area contributed by atoms with Crippen molar-refractivity contribution in [1.29, 1.82) is 0 Å². The molecule has 2 heterocycles. The number of fused-ring (bicyclic) bond motifs is 1. The van der Waals surface area contributed by atoms with Crippen LogP contribution < -0.4 is 0 Å². The number of nitrogens with zero attached hydrogens (tertiary/aromatic N) is 3. The molecule has 27 heavy (non-hydrogen) atoms. The predicted octanol–water partition coefficient (Wildman–Crippen LogP) is 4.41. The second-order valence-electron chi connectivity index (χ2n) is 7.86. The molecule has 2 aliphatic rings. The van der Waals surface area contributed by atoms with Gasteiger partial charge in [0.1, 0.15) is 0 Å². The molecule has 2 unspecified atom stereocenters. The van der Waals surface area contributed by atoms with Crippen LogP contribution in [0, 0.1) is 10.1 Å². The highest BCUT2D eigenvalue weighted by Crippen LogP contribution is 2.30. The Hall–Kier alpha value is -0.880. The summed E-state index contributed by atoms with van der Waals surface area (Å²) in [5, 5.41) is 12.2. The second-order valence-corrected chi connectivity index (χ2v) is 7.86. The third-order valence-electron chi connectivity index (χ3n) is 5.87. The van der Waals surface area contributed by atoms with E-state index in [2.05, 4.69) is 41.0 Å². The summed E-state index contributed by atoms with van der Waals surface area (Å²) in [7, 11) is 0. The average Bonchev–Trinajstić information content (AvgIpc) is 2.77. The van der Waals surface area contributed by atoms with E-state index in [9.17, 15) is 10.1 Å². The lowest BCUT2D eigenvalue weighted by atomic mass is 9.91. The molecule has 1 aromatic carbocycles. The zero-order valence-corrected chi connectivity index (χ0v) is 17.8. The highest BCUT2D eigenvalue weighted by atomic mass is 35.5. The van der Waals surface area contributed by atoms with Gasteiger partial charge >= 0.3 is 0 Å². The molecular formula is C20H33Cl2N3O2. The smallest absolute Gasteiger partial charge is 0.247 e. The fourth-order valence-corrected chi connectivity index (χ4v) is 4.51. The van der Waals surface area contributed by atoms with E-state index in [1.165, 1.54) is 24.8 Å². The number of unbranched alkanes of at least 4 members (excludes halogenated alkanes) is 1. The average molecular weight is 418 g/mol. The molecule has 0 radical (unpaired) electrons. The van der Waals surface area contributed by atoms with Crippen molar-refractivity contribution >= 4 is 24.8 Å². The standard InChI is InChI=1S/C20H31N3O2.2ClH/c1-2-3-12-20(23(24)25)16-21(14-18-9-5-4-6-10-18)15-19-11-7-8-13-22(19)17-20;;/h4-6,9-10,19H,2-3,7-8,11-17H2,1H3;2*1H. The van der Waals surface area contributed by atoms with Crippen LogP contribution in [-0.2, 0) is 6.54 Å². The number of piperidine rings is 1. The van der Waals surface area contributed by atoms with E-state index in [0.717, 1.165) is 32.5 Å². The van der Waals surface area contributed by atoms with Crippen LogP contribution in [0.25, 0.3) is 0 Å². The summed E-state index contributed by atoms with van der Waals surface area (Å²) >= 11 is 0. The summed E-state index contributed by atoms with van der Waals surface area (Å²) in [6, 6.07) is 10.9. The van der Waals surface area contributed by atoms with Crippen LogP contribution in [0.3, 0.4) is 0 Å². The molecule has 2 fully saturated rings. The van der Waals surface area contributed by atoms with E-state index >= 15 is 0 Å². The Morgan fingerprint density at radius 2 is 1.93 bits per heavy atom. The summed E-state index contributed by atoms with van der Waals surface area (Å²) in [6.07, 6.45) is 6.23. The third kappa shape index (κ3) is 6.05. The van der Waals surface area contributed by atoms with Crippen LogP contribution in [-0.4, -0.2) is 52.5 Å². The molecule has 1 aromatic rings. The minimum absolute atomic E-state index is 0. The molecule has 154 valence electrons. The molecular weight excluding hydrogens is 385 g/mol. The van der Waals surface area contributed by atoms with Crippen LogP contribution in [0.4, 0.5) is 0 Å². The zero-order chi connectivity index (χ0) is 17.7. The quantitative estimate of drug-likeness (QED) is 0.507. The Kier molecular flexibility index (Phi) is 10.0. The maximum atomic E-state index is 12.2. The first-order chi connectivity index (χ1) is 12.1. The molecule has 0 spiro atoms. The minimum atomic E-state index is -0.823. The van der Waals surface area contributed by atoms with Gasteiger partial charge in [0.2, 0.25) is 5.54 Å². The van der Waals surface area contributed by atoms with Crippen LogP contribution in [0.2, 0.25) is 0 Å². The van der Waals surface area contributed by atoms with Gasteiger partial charge in [0.25, 0.3) is 0 Å². The lowest BCUT2D eigenvalue weighted by molar-refractivity contribution is -0.571. The van der Waals surface area contributed by atoms with Gasteiger partial charge in [-0.05, 0) is 31.4 Å². The Balaban J connectivity index is 0.00000182. The van der Waals surface area contributed by atoms with Crippen LogP contribution in [0.5, 0.6) is 0 Å². The number of benzene rings is 1. The van der Waals surface area contributed by atoms with Crippen LogP contribution >= 0.6 is 24.8 Å². The van der Waals surface area contributed by atoms with Crippen molar-refractivity contribution in [3.63, 3.8) is 0 Å². The van der Waals surface area contributed by atoms with Gasteiger partial charge in [0.05, 0.1) is 13.1 Å². The molecule has 0 bridgehead atoms. The third-order valence-corrected chi connectivity index (χ3v) is 5.87. The monoisotopic (exact) mass is 417 g/mol. The first-order valence-corrected chi connectivity index (χ1v) is 9.78. The van der Waals surface area contributed by atoms with Crippen molar-refractivity contribution in [3.05, 3.63) is 46.0 Å². The molecule has 7 heteroatoms. The van der Waals surface area contributed by atoms with Crippen LogP contribution in [0.15, 0.2) is 30.3 Å². The lowest BCUT2D eigenvalue weighted by Crippen LogP contribution is -2.54. The van der Waals surface area contributed by atoms with E-state index in [1.807, 2.05) is 6.07 Å². The molecule has 0 aromatic heterocycles. The van der Waals surface area contributed by atoms with E-state index < -0.39 is 5.54 Å². The highest BCUT2D eigenvalue weighted by molar-refractivity contribution is 5.85. The molecule has 3 rings (SSSR count). The van der Waals surface area contributed by atoms with Crippen molar-refractivity contribution in [2.24, 2.45) is 0 Å². The summed E-state index contributed by atoms with van der Waals surface area (Å²) in [4.78, 5) is 17.0. The molecule has 0 N–H and O–H groups in total. The highest BCUT2D eigenvalue weighted by Gasteiger charge is 2.49. The van der Waals surface area contributed by atoms with Crippen molar-refractivity contribution in [2.75, 3.05) is 26.2 Å². The van der Waals surface area contributed by atoms with Gasteiger partial charge in [-0.25, -0.2) is 0 Å². The number of hydrogen-bond donors (Lipinski definition) is 0. The molecule has 2 aliphatic heterocycles. The largest absolute Gasteiger partial charge is 0.292 e. The summed E-state index contributed by atoms with van der Waals surface area (Å²) < 4.78 is 0. The van der Waals surface area contributed by atoms with E-state index in [4.69, 9.17) is 0 Å². The van der Waals surface area contributed by atoms with E-state index in [1.54, 1.807) is 0 Å². The normalized spacial score (nSPS) is 26.2. The molecule has 0 aliphatic carbocycles. The summed E-state index contributed by atoms with van der Waals surface area (Å²) in [5.41, 5.74) is 0.427. The Bertz CT molecular complexity index is 576. The van der Waals surface area contributed by atoms with Gasteiger partial charge in [-0.1, -0.05) is 50.1 Å². The van der Waals surface area contributed by atoms with Gasteiger partial charge in [0, 0.05) is 30.5 Å². The van der Waals surface area contributed by atoms with Crippen LogP contribution in [0.1, 0.15) is 51.0 Å². The van der Waals surface area contributed by atoms with Crippen molar-refractivity contribution in [1.82, 2.24) is 9.80 Å². The van der Waals surface area contributed by atoms with E-state index in [0.29, 0.717) is 25.6 Å². The summed E-state index contributed by atoms with van der Waals surface area (Å²) in [6.45, 7) is 6.10. The van der Waals surface area contributed by atoms with Crippen molar-refractivity contribution in [3.8, 4) is 0 Å². The lowest BCUT2D eigenvalue weighted by Gasteiger charge is -2.36. The number of halogens is 2. The number of rotatable bonds is 6. The zero-order valence-electron chi connectivity index (χ0n) is 16.2. The fraction of sp³-hybridized carbons (Fsp3) is 0.700. The summed E-state index contributed by atoms with van der Waals surface area (Å²) in [5.74, 6) is 0. The topological polar surface area (TPSA) is 49.6 Å². The number of hydrogen-bond acceptors (Lipinski definition) is 4. The van der Waals surface area contributed by atoms with Gasteiger partial charge in [-0.3, -0.25) is 19.9 Å². The number of nitro groups is 1. The molecule has 0 saturated carbocycles. The first kappa shape index (κ1) is 24.2. The Morgan fingerprint density at radius 3 is 2.59 bits per heavy atom. The van der Waals surface area contributed by atoms with Gasteiger partial charge in [0.15, 0.2) is 0 Å². The second kappa shape index (κ2) is 11.2. The fourth-order valence-electron chi connectivity index (χ4n) is 4.51. The predicted molar refractivity (Wildman–Crippen MR) is 115 cm³/mol. The molecule has 2 atom stereocenters. The molecule has 5 nitrogen and oxygen atoms in total. The van der Waals surface area contributed by atoms with Crippen molar-refractivity contribution < 1.29 is 4.92 Å². The van der Waals surface area contributed by atoms with Gasteiger partial charge < -0.3 is 0 Å². The Morgan fingerprint density at radius 1 is 1.19 bits per heavy atom. The SMILES string of the molecule is CCCCC1([N+](=O)[O-])CN(Cc2ccccc2)CC2CCCCN2C1.Cl.Cl. The first-order valence-electron chi connectivity index (χ1n) is 9.78. The van der Waals surface area contributed by atoms with Crippen molar-refractivity contribution in [2.45, 2.75) is 63.6 Å². The maximum Gasteiger partial charge on any atom is 0.247 e. The minimum Gasteiger partial charge on any atom is -0.292 e. The molecule has 0 amide bonds. The van der Waals surface area contributed by atoms with Gasteiger partial charge in [-0.15, -0.1) is 24.8 Å². The molecule has 2 saturated heterocycles. The van der Waals surface area contributed by atoms with Gasteiger partial charge in [-0.2, -0.15) is 0 Å². The maximum absolute atomic E-state index is 12.2. The Labute approximate surface area is 175 Å².